The number of ketones is 1. The molecule has 2 aliphatic heterocycles. The van der Waals surface area contributed by atoms with Crippen LogP contribution in [0.4, 0.5) is 0 Å². The Morgan fingerprint density at radius 3 is 2.56 bits per heavy atom. The maximum absolute atomic E-state index is 11.6. The molecule has 0 aromatic carbocycles. The summed E-state index contributed by atoms with van der Waals surface area (Å²) in [6, 6.07) is 1.07. The first-order valence-electron chi connectivity index (χ1n) is 7.52. The van der Waals surface area contributed by atoms with Crippen LogP contribution < -0.4 is 0 Å². The molecule has 2 aliphatic rings. The first kappa shape index (κ1) is 14.0. The van der Waals surface area contributed by atoms with Crippen molar-refractivity contribution in [1.29, 1.82) is 0 Å². The fraction of sp³-hybridized carbons (Fsp3) is 0.933. The van der Waals surface area contributed by atoms with E-state index in [9.17, 15) is 4.79 Å². The van der Waals surface area contributed by atoms with Gasteiger partial charge < -0.3 is 4.74 Å². The highest BCUT2D eigenvalue weighted by Gasteiger charge is 2.36. The molecule has 0 aromatic rings. The van der Waals surface area contributed by atoms with Crippen molar-refractivity contribution in [3.8, 4) is 0 Å². The van der Waals surface area contributed by atoms with E-state index in [1.807, 2.05) is 0 Å². The van der Waals surface area contributed by atoms with Gasteiger partial charge in [-0.2, -0.15) is 0 Å². The monoisotopic (exact) mass is 253 g/mol. The highest BCUT2D eigenvalue weighted by atomic mass is 16.5. The molecule has 0 N–H and O–H groups in total. The molecule has 0 aliphatic carbocycles. The standard InChI is InChI=1S/C15H27NO2/c1-12(2)11-18-8-4-7-16-13-5-3-6-14(16)10-15(17)9-13/h12-14H,3-11H2,1-2H3. The quantitative estimate of drug-likeness (QED) is 0.682. The van der Waals surface area contributed by atoms with E-state index in [2.05, 4.69) is 18.7 Å². The van der Waals surface area contributed by atoms with Gasteiger partial charge >= 0.3 is 0 Å². The minimum Gasteiger partial charge on any atom is -0.381 e. The molecule has 3 heteroatoms. The minimum atomic E-state index is 0.483. The van der Waals surface area contributed by atoms with Crippen molar-refractivity contribution in [2.45, 2.75) is 64.5 Å². The van der Waals surface area contributed by atoms with E-state index in [1.165, 1.54) is 19.3 Å². The van der Waals surface area contributed by atoms with Crippen LogP contribution in [0, 0.1) is 5.92 Å². The number of piperidine rings is 2. The average Bonchev–Trinajstić information content (AvgIpc) is 2.28. The fourth-order valence-corrected chi connectivity index (χ4v) is 3.30. The van der Waals surface area contributed by atoms with E-state index in [4.69, 9.17) is 4.74 Å². The summed E-state index contributed by atoms with van der Waals surface area (Å²) in [5.74, 6) is 1.11. The van der Waals surface area contributed by atoms with E-state index in [1.54, 1.807) is 0 Å². The van der Waals surface area contributed by atoms with Crippen molar-refractivity contribution in [3.63, 3.8) is 0 Å². The predicted octanol–water partition coefficient (Wildman–Crippen LogP) is 2.64. The molecule has 2 unspecified atom stereocenters. The number of fused-ring (bicyclic) bond motifs is 2. The van der Waals surface area contributed by atoms with Crippen LogP contribution in [-0.4, -0.2) is 42.5 Å². The van der Waals surface area contributed by atoms with Crippen LogP contribution in [0.3, 0.4) is 0 Å². The normalized spacial score (nSPS) is 28.9. The van der Waals surface area contributed by atoms with Crippen molar-refractivity contribution in [3.05, 3.63) is 0 Å². The number of hydrogen-bond acceptors (Lipinski definition) is 3. The Hall–Kier alpha value is -0.410. The molecule has 0 spiro atoms. The highest BCUT2D eigenvalue weighted by Crippen LogP contribution is 2.32. The van der Waals surface area contributed by atoms with Crippen molar-refractivity contribution in [2.75, 3.05) is 19.8 Å². The van der Waals surface area contributed by atoms with Crippen LogP contribution in [0.25, 0.3) is 0 Å². The molecule has 2 fully saturated rings. The van der Waals surface area contributed by atoms with E-state index in [0.29, 0.717) is 23.8 Å². The fourth-order valence-electron chi connectivity index (χ4n) is 3.30. The first-order chi connectivity index (χ1) is 8.66. The van der Waals surface area contributed by atoms with E-state index in [0.717, 1.165) is 39.0 Å². The molecule has 0 amide bonds. The summed E-state index contributed by atoms with van der Waals surface area (Å²) in [4.78, 5) is 14.2. The number of nitrogens with zero attached hydrogens (tertiary/aromatic N) is 1. The molecule has 0 radical (unpaired) electrons. The lowest BCUT2D eigenvalue weighted by atomic mass is 9.84. The van der Waals surface area contributed by atoms with Gasteiger partial charge in [0.1, 0.15) is 5.78 Å². The van der Waals surface area contributed by atoms with E-state index < -0.39 is 0 Å². The lowest BCUT2D eigenvalue weighted by Gasteiger charge is -2.45. The molecule has 2 saturated heterocycles. The molecule has 2 bridgehead atoms. The van der Waals surface area contributed by atoms with Crippen molar-refractivity contribution in [2.24, 2.45) is 5.92 Å². The Morgan fingerprint density at radius 1 is 1.28 bits per heavy atom. The summed E-state index contributed by atoms with van der Waals surface area (Å²) in [6.45, 7) is 7.20. The highest BCUT2D eigenvalue weighted by molar-refractivity contribution is 5.80. The Labute approximate surface area is 111 Å². The first-order valence-corrected chi connectivity index (χ1v) is 7.52. The smallest absolute Gasteiger partial charge is 0.136 e. The average molecular weight is 253 g/mol. The van der Waals surface area contributed by atoms with Gasteiger partial charge in [-0.1, -0.05) is 20.3 Å². The van der Waals surface area contributed by atoms with Crippen LogP contribution in [0.5, 0.6) is 0 Å². The maximum Gasteiger partial charge on any atom is 0.136 e. The largest absolute Gasteiger partial charge is 0.381 e. The Morgan fingerprint density at radius 2 is 1.94 bits per heavy atom. The Bertz CT molecular complexity index is 262. The van der Waals surface area contributed by atoms with Gasteiger partial charge in [0.25, 0.3) is 0 Å². The molecule has 2 heterocycles. The van der Waals surface area contributed by atoms with Crippen molar-refractivity contribution >= 4 is 5.78 Å². The zero-order chi connectivity index (χ0) is 13.0. The summed E-state index contributed by atoms with van der Waals surface area (Å²) in [5, 5.41) is 0. The van der Waals surface area contributed by atoms with Gasteiger partial charge in [0.2, 0.25) is 0 Å². The van der Waals surface area contributed by atoms with E-state index in [-0.39, 0.29) is 0 Å². The molecule has 104 valence electrons. The van der Waals surface area contributed by atoms with Crippen LogP contribution in [-0.2, 0) is 9.53 Å². The summed E-state index contributed by atoms with van der Waals surface area (Å²) in [7, 11) is 0. The molecule has 18 heavy (non-hydrogen) atoms. The number of rotatable bonds is 6. The number of carbonyl (C=O) groups is 1. The minimum absolute atomic E-state index is 0.483. The van der Waals surface area contributed by atoms with Gasteiger partial charge in [0.15, 0.2) is 0 Å². The summed E-state index contributed by atoms with van der Waals surface area (Å²) in [5.41, 5.74) is 0. The molecular formula is C15H27NO2. The van der Waals surface area contributed by atoms with Gasteiger partial charge in [-0.25, -0.2) is 0 Å². The SMILES string of the molecule is CC(C)COCCCN1C2CCCC1CC(=O)C2. The molecule has 0 aromatic heterocycles. The van der Waals surface area contributed by atoms with Crippen LogP contribution in [0.1, 0.15) is 52.4 Å². The number of hydrogen-bond donors (Lipinski definition) is 0. The molecule has 0 saturated carbocycles. The second kappa shape index (κ2) is 6.67. The van der Waals surface area contributed by atoms with E-state index >= 15 is 0 Å². The summed E-state index contributed by atoms with van der Waals surface area (Å²) in [6.07, 6.45) is 6.44. The van der Waals surface area contributed by atoms with Crippen molar-refractivity contribution in [1.82, 2.24) is 4.90 Å². The van der Waals surface area contributed by atoms with Crippen LogP contribution in [0.2, 0.25) is 0 Å². The summed E-state index contributed by atoms with van der Waals surface area (Å²) < 4.78 is 5.64. The maximum atomic E-state index is 11.6. The molecule has 3 nitrogen and oxygen atoms in total. The topological polar surface area (TPSA) is 29.5 Å². The zero-order valence-corrected chi connectivity index (χ0v) is 11.9. The Kier molecular flexibility index (Phi) is 5.19. The zero-order valence-electron chi connectivity index (χ0n) is 11.9. The molecule has 2 atom stereocenters. The second-order valence-electron chi connectivity index (χ2n) is 6.25. The second-order valence-corrected chi connectivity index (χ2v) is 6.25. The van der Waals surface area contributed by atoms with Crippen LogP contribution in [0.15, 0.2) is 0 Å². The third-order valence-corrected chi connectivity index (χ3v) is 4.10. The molecular weight excluding hydrogens is 226 g/mol. The molecule has 2 rings (SSSR count). The van der Waals surface area contributed by atoms with Gasteiger partial charge in [0.05, 0.1) is 0 Å². The number of ether oxygens (including phenoxy) is 1. The van der Waals surface area contributed by atoms with Gasteiger partial charge in [-0.3, -0.25) is 9.69 Å². The van der Waals surface area contributed by atoms with Gasteiger partial charge in [-0.05, 0) is 25.2 Å². The lowest BCUT2D eigenvalue weighted by molar-refractivity contribution is -0.127. The van der Waals surface area contributed by atoms with Gasteiger partial charge in [-0.15, -0.1) is 0 Å². The predicted molar refractivity (Wildman–Crippen MR) is 72.6 cm³/mol. The van der Waals surface area contributed by atoms with Gasteiger partial charge in [0, 0.05) is 44.7 Å². The van der Waals surface area contributed by atoms with Crippen LogP contribution >= 0.6 is 0 Å². The lowest BCUT2D eigenvalue weighted by Crippen LogP contribution is -2.52. The number of carbonyl (C=O) groups excluding carboxylic acids is 1. The third kappa shape index (κ3) is 3.79. The number of Topliss-reactive ketones (excluding diaryl/α,β-unsaturated/α-hetero) is 1. The summed E-state index contributed by atoms with van der Waals surface area (Å²) >= 11 is 0. The van der Waals surface area contributed by atoms with Crippen molar-refractivity contribution < 1.29 is 9.53 Å². The Balaban J connectivity index is 1.70. The third-order valence-electron chi connectivity index (χ3n) is 4.10.